The molecule has 0 saturated heterocycles. The molecule has 5 heteroatoms. The smallest absolute Gasteiger partial charge is 0.224 e. The fourth-order valence-corrected chi connectivity index (χ4v) is 1.94. The number of hydrogen-bond acceptors (Lipinski definition) is 4. The van der Waals surface area contributed by atoms with Crippen LogP contribution in [0.2, 0.25) is 0 Å². The average Bonchev–Trinajstić information content (AvgIpc) is 2.81. The van der Waals surface area contributed by atoms with Gasteiger partial charge in [0, 0.05) is 18.8 Å². The Hall–Kier alpha value is -2.04. The van der Waals surface area contributed by atoms with Gasteiger partial charge < -0.3 is 10.6 Å². The zero-order valence-corrected chi connectivity index (χ0v) is 11.8. The molecule has 2 rings (SSSR count). The number of nitrogens with zero attached hydrogens (tertiary/aromatic N) is 3. The maximum atomic E-state index is 4.23. The molecule has 2 N–H and O–H groups in total. The number of aryl methyl sites for hydroxylation is 1. The van der Waals surface area contributed by atoms with Crippen LogP contribution >= 0.6 is 0 Å². The van der Waals surface area contributed by atoms with Gasteiger partial charge in [-0.2, -0.15) is 0 Å². The Balaban J connectivity index is 2.04. The van der Waals surface area contributed by atoms with Crippen molar-refractivity contribution in [3.63, 3.8) is 0 Å². The fourth-order valence-electron chi connectivity index (χ4n) is 1.94. The van der Waals surface area contributed by atoms with E-state index in [-0.39, 0.29) is 0 Å². The van der Waals surface area contributed by atoms with Gasteiger partial charge in [-0.05, 0) is 32.9 Å². The molecule has 2 aromatic rings. The maximum Gasteiger partial charge on any atom is 0.224 e. The van der Waals surface area contributed by atoms with Crippen molar-refractivity contribution in [2.75, 3.05) is 17.2 Å². The van der Waals surface area contributed by atoms with Gasteiger partial charge >= 0.3 is 0 Å². The van der Waals surface area contributed by atoms with Gasteiger partial charge in [-0.15, -0.1) is 10.2 Å². The first kappa shape index (κ1) is 13.4. The SMILES string of the molecule is CCNc1nnc(CNc2ccc(C)cc2)n1CC. The summed E-state index contributed by atoms with van der Waals surface area (Å²) in [7, 11) is 0. The van der Waals surface area contributed by atoms with Gasteiger partial charge in [0.05, 0.1) is 6.54 Å². The third-order valence-electron chi connectivity index (χ3n) is 2.98. The summed E-state index contributed by atoms with van der Waals surface area (Å²) in [4.78, 5) is 0. The van der Waals surface area contributed by atoms with Crippen molar-refractivity contribution in [2.24, 2.45) is 0 Å². The summed E-state index contributed by atoms with van der Waals surface area (Å²) < 4.78 is 2.09. The molecule has 1 aromatic carbocycles. The third kappa shape index (κ3) is 3.24. The predicted molar refractivity (Wildman–Crippen MR) is 78.4 cm³/mol. The lowest BCUT2D eigenvalue weighted by molar-refractivity contribution is 0.712. The Morgan fingerprint density at radius 2 is 1.79 bits per heavy atom. The second-order valence-electron chi connectivity index (χ2n) is 4.43. The molecule has 102 valence electrons. The number of benzene rings is 1. The molecule has 0 saturated carbocycles. The second-order valence-corrected chi connectivity index (χ2v) is 4.43. The van der Waals surface area contributed by atoms with E-state index >= 15 is 0 Å². The summed E-state index contributed by atoms with van der Waals surface area (Å²) in [6.07, 6.45) is 0. The van der Waals surface area contributed by atoms with Crippen molar-refractivity contribution in [1.82, 2.24) is 14.8 Å². The number of nitrogens with one attached hydrogen (secondary N) is 2. The largest absolute Gasteiger partial charge is 0.378 e. The van der Waals surface area contributed by atoms with E-state index in [1.54, 1.807) is 0 Å². The van der Waals surface area contributed by atoms with Gasteiger partial charge in [0.25, 0.3) is 0 Å². The minimum Gasteiger partial charge on any atom is -0.378 e. The summed E-state index contributed by atoms with van der Waals surface area (Å²) in [5.41, 5.74) is 2.36. The Labute approximate surface area is 114 Å². The van der Waals surface area contributed by atoms with Crippen LogP contribution in [0.25, 0.3) is 0 Å². The first-order valence-electron chi connectivity index (χ1n) is 6.71. The van der Waals surface area contributed by atoms with Gasteiger partial charge in [-0.1, -0.05) is 17.7 Å². The Bertz CT molecular complexity index is 515. The van der Waals surface area contributed by atoms with Crippen LogP contribution in [0.3, 0.4) is 0 Å². The molecule has 0 aliphatic carbocycles. The van der Waals surface area contributed by atoms with Crippen LogP contribution in [0, 0.1) is 6.92 Å². The summed E-state index contributed by atoms with van der Waals surface area (Å²) >= 11 is 0. The number of rotatable bonds is 6. The van der Waals surface area contributed by atoms with Gasteiger partial charge in [-0.25, -0.2) is 0 Å². The average molecular weight is 259 g/mol. The van der Waals surface area contributed by atoms with Crippen molar-refractivity contribution in [3.05, 3.63) is 35.7 Å². The highest BCUT2D eigenvalue weighted by Gasteiger charge is 2.09. The van der Waals surface area contributed by atoms with Crippen LogP contribution in [0.1, 0.15) is 25.2 Å². The van der Waals surface area contributed by atoms with Crippen LogP contribution in [0.15, 0.2) is 24.3 Å². The lowest BCUT2D eigenvalue weighted by atomic mass is 10.2. The van der Waals surface area contributed by atoms with E-state index in [2.05, 4.69) is 70.4 Å². The summed E-state index contributed by atoms with van der Waals surface area (Å²) in [5, 5.41) is 15.0. The normalized spacial score (nSPS) is 10.5. The number of hydrogen-bond donors (Lipinski definition) is 2. The minimum absolute atomic E-state index is 0.676. The molecule has 0 aliphatic rings. The molecule has 19 heavy (non-hydrogen) atoms. The van der Waals surface area contributed by atoms with Crippen LogP contribution < -0.4 is 10.6 Å². The van der Waals surface area contributed by atoms with E-state index in [1.165, 1.54) is 5.56 Å². The molecule has 0 unspecified atom stereocenters. The predicted octanol–water partition coefficient (Wildman–Crippen LogP) is 2.65. The molecule has 1 aromatic heterocycles. The van der Waals surface area contributed by atoms with E-state index in [0.717, 1.165) is 30.5 Å². The van der Waals surface area contributed by atoms with E-state index in [9.17, 15) is 0 Å². The Morgan fingerprint density at radius 3 is 2.42 bits per heavy atom. The second kappa shape index (κ2) is 6.22. The molecule has 1 heterocycles. The quantitative estimate of drug-likeness (QED) is 0.837. The first-order valence-corrected chi connectivity index (χ1v) is 6.71. The van der Waals surface area contributed by atoms with Gasteiger partial charge in [0.15, 0.2) is 5.82 Å². The Kier molecular flexibility index (Phi) is 4.39. The molecular formula is C14H21N5. The molecule has 0 radical (unpaired) electrons. The summed E-state index contributed by atoms with van der Waals surface area (Å²) in [6, 6.07) is 8.34. The van der Waals surface area contributed by atoms with E-state index in [1.807, 2.05) is 0 Å². The minimum atomic E-state index is 0.676. The summed E-state index contributed by atoms with van der Waals surface area (Å²) in [5.74, 6) is 1.78. The summed E-state index contributed by atoms with van der Waals surface area (Å²) in [6.45, 7) is 8.62. The maximum absolute atomic E-state index is 4.23. The van der Waals surface area contributed by atoms with Crippen molar-refractivity contribution < 1.29 is 0 Å². The molecule has 0 spiro atoms. The molecule has 0 aliphatic heterocycles. The molecule has 0 amide bonds. The van der Waals surface area contributed by atoms with E-state index < -0.39 is 0 Å². The van der Waals surface area contributed by atoms with Crippen LogP contribution in [0.5, 0.6) is 0 Å². The van der Waals surface area contributed by atoms with Crippen molar-refractivity contribution in [3.8, 4) is 0 Å². The van der Waals surface area contributed by atoms with Crippen molar-refractivity contribution in [2.45, 2.75) is 33.9 Å². The van der Waals surface area contributed by atoms with Crippen LogP contribution in [-0.2, 0) is 13.1 Å². The first-order chi connectivity index (χ1) is 9.24. The number of aromatic nitrogens is 3. The zero-order chi connectivity index (χ0) is 13.7. The van der Waals surface area contributed by atoms with E-state index in [0.29, 0.717) is 6.54 Å². The lowest BCUT2D eigenvalue weighted by Crippen LogP contribution is -2.11. The monoisotopic (exact) mass is 259 g/mol. The van der Waals surface area contributed by atoms with Gasteiger partial charge in [0.1, 0.15) is 0 Å². The van der Waals surface area contributed by atoms with Gasteiger partial charge in [-0.3, -0.25) is 4.57 Å². The molecule has 0 atom stereocenters. The van der Waals surface area contributed by atoms with Crippen molar-refractivity contribution in [1.29, 1.82) is 0 Å². The fraction of sp³-hybridized carbons (Fsp3) is 0.429. The topological polar surface area (TPSA) is 54.8 Å². The van der Waals surface area contributed by atoms with Crippen molar-refractivity contribution >= 4 is 11.6 Å². The molecule has 5 nitrogen and oxygen atoms in total. The number of anilines is 2. The Morgan fingerprint density at radius 1 is 1.05 bits per heavy atom. The zero-order valence-electron chi connectivity index (χ0n) is 11.8. The highest BCUT2D eigenvalue weighted by molar-refractivity contribution is 5.44. The molecule has 0 fully saturated rings. The third-order valence-corrected chi connectivity index (χ3v) is 2.98. The highest BCUT2D eigenvalue weighted by atomic mass is 15.4. The van der Waals surface area contributed by atoms with Crippen LogP contribution in [0.4, 0.5) is 11.6 Å². The standard InChI is InChI=1S/C14H21N5/c1-4-15-14-18-17-13(19(14)5-2)10-16-12-8-6-11(3)7-9-12/h6-9,16H,4-5,10H2,1-3H3,(H,15,18). The molecular weight excluding hydrogens is 238 g/mol. The molecule has 0 bridgehead atoms. The lowest BCUT2D eigenvalue weighted by Gasteiger charge is -2.09. The van der Waals surface area contributed by atoms with E-state index in [4.69, 9.17) is 0 Å². The highest BCUT2D eigenvalue weighted by Crippen LogP contribution is 2.12. The van der Waals surface area contributed by atoms with Crippen LogP contribution in [-0.4, -0.2) is 21.3 Å². The van der Waals surface area contributed by atoms with Gasteiger partial charge in [0.2, 0.25) is 5.95 Å².